The number of furan rings is 1. The molecule has 2 heterocycles. The second kappa shape index (κ2) is 6.19. The highest BCUT2D eigenvalue weighted by molar-refractivity contribution is 8.01. The van der Waals surface area contributed by atoms with Crippen LogP contribution in [-0.2, 0) is 16.4 Å². The summed E-state index contributed by atoms with van der Waals surface area (Å²) in [4.78, 5) is 12.6. The molecule has 2 rings (SSSR count). The number of aromatic carboxylic acids is 1. The van der Waals surface area contributed by atoms with Crippen molar-refractivity contribution >= 4 is 27.6 Å². The Morgan fingerprint density at radius 2 is 2.30 bits per heavy atom. The minimum atomic E-state index is -3.15. The Morgan fingerprint density at radius 1 is 1.55 bits per heavy atom. The lowest BCUT2D eigenvalue weighted by Gasteiger charge is -2.33. The summed E-state index contributed by atoms with van der Waals surface area (Å²) < 4.78 is 29.4. The summed E-state index contributed by atoms with van der Waals surface area (Å²) in [6, 6.07) is 2.97. The third-order valence-corrected chi connectivity index (χ3v) is 6.57. The maximum Gasteiger partial charge on any atom is 0.371 e. The predicted octanol–water partition coefficient (Wildman–Crippen LogP) is 1.29. The zero-order valence-corrected chi connectivity index (χ0v) is 12.7. The molecule has 0 spiro atoms. The van der Waals surface area contributed by atoms with Crippen molar-refractivity contribution in [2.75, 3.05) is 23.8 Å². The predicted molar refractivity (Wildman–Crippen MR) is 76.7 cm³/mol. The highest BCUT2D eigenvalue weighted by Crippen LogP contribution is 2.24. The third kappa shape index (κ3) is 3.36. The van der Waals surface area contributed by atoms with E-state index >= 15 is 0 Å². The van der Waals surface area contributed by atoms with Gasteiger partial charge in [-0.15, -0.1) is 0 Å². The van der Waals surface area contributed by atoms with Crippen LogP contribution in [0, 0.1) is 0 Å². The Balaban J connectivity index is 2.14. The zero-order chi connectivity index (χ0) is 14.8. The van der Waals surface area contributed by atoms with Crippen LogP contribution in [0.25, 0.3) is 0 Å². The van der Waals surface area contributed by atoms with Gasteiger partial charge in [0.05, 0.1) is 6.54 Å². The molecule has 1 saturated heterocycles. The van der Waals surface area contributed by atoms with E-state index in [1.165, 1.54) is 6.07 Å². The molecule has 8 heteroatoms. The van der Waals surface area contributed by atoms with Crippen LogP contribution < -0.4 is 0 Å². The van der Waals surface area contributed by atoms with Crippen molar-refractivity contribution in [3.63, 3.8) is 0 Å². The zero-order valence-electron chi connectivity index (χ0n) is 11.1. The summed E-state index contributed by atoms with van der Waals surface area (Å²) in [5.74, 6) is 0.744. The van der Waals surface area contributed by atoms with Crippen molar-refractivity contribution in [1.29, 1.82) is 0 Å². The molecule has 0 aliphatic carbocycles. The number of sulfone groups is 1. The van der Waals surface area contributed by atoms with Gasteiger partial charge in [-0.25, -0.2) is 13.2 Å². The van der Waals surface area contributed by atoms with E-state index in [0.717, 1.165) is 5.75 Å². The minimum absolute atomic E-state index is 0.104. The van der Waals surface area contributed by atoms with Crippen LogP contribution in [-0.4, -0.2) is 53.6 Å². The SMILES string of the molecule is CCS(=O)(=O)C1CSCCN1Cc1ccc(C(=O)O)o1. The van der Waals surface area contributed by atoms with Crippen LogP contribution >= 0.6 is 11.8 Å². The number of thioether (sulfide) groups is 1. The van der Waals surface area contributed by atoms with Crippen molar-refractivity contribution in [3.8, 4) is 0 Å². The van der Waals surface area contributed by atoms with Gasteiger partial charge in [-0.2, -0.15) is 11.8 Å². The molecular weight excluding hydrogens is 302 g/mol. The van der Waals surface area contributed by atoms with Gasteiger partial charge in [-0.05, 0) is 12.1 Å². The lowest BCUT2D eigenvalue weighted by Crippen LogP contribution is -2.47. The molecule has 20 heavy (non-hydrogen) atoms. The summed E-state index contributed by atoms with van der Waals surface area (Å²) in [5, 5.41) is 8.29. The topological polar surface area (TPSA) is 87.8 Å². The van der Waals surface area contributed by atoms with E-state index in [1.807, 2.05) is 4.90 Å². The normalized spacial score (nSPS) is 20.9. The first-order chi connectivity index (χ1) is 9.44. The maximum atomic E-state index is 12.1. The number of hydrogen-bond acceptors (Lipinski definition) is 6. The monoisotopic (exact) mass is 319 g/mol. The van der Waals surface area contributed by atoms with Gasteiger partial charge in [0.15, 0.2) is 9.84 Å². The molecule has 0 amide bonds. The average Bonchev–Trinajstić information content (AvgIpc) is 2.88. The largest absolute Gasteiger partial charge is 0.475 e. The van der Waals surface area contributed by atoms with Crippen LogP contribution in [0.1, 0.15) is 23.2 Å². The Bertz CT molecular complexity index is 580. The van der Waals surface area contributed by atoms with Crippen LogP contribution in [0.4, 0.5) is 0 Å². The van der Waals surface area contributed by atoms with Crippen molar-refractivity contribution in [2.24, 2.45) is 0 Å². The third-order valence-electron chi connectivity index (χ3n) is 3.24. The van der Waals surface area contributed by atoms with E-state index in [0.29, 0.717) is 24.6 Å². The molecule has 6 nitrogen and oxygen atoms in total. The van der Waals surface area contributed by atoms with Crippen molar-refractivity contribution in [1.82, 2.24) is 4.90 Å². The lowest BCUT2D eigenvalue weighted by atomic mass is 10.4. The van der Waals surface area contributed by atoms with Gasteiger partial charge >= 0.3 is 5.97 Å². The first-order valence-corrected chi connectivity index (χ1v) is 9.16. The van der Waals surface area contributed by atoms with Crippen molar-refractivity contribution in [3.05, 3.63) is 23.7 Å². The van der Waals surface area contributed by atoms with Crippen LogP contribution in [0.15, 0.2) is 16.5 Å². The molecule has 1 fully saturated rings. The van der Waals surface area contributed by atoms with Gasteiger partial charge in [-0.1, -0.05) is 6.92 Å². The Morgan fingerprint density at radius 3 is 2.90 bits per heavy atom. The smallest absolute Gasteiger partial charge is 0.371 e. The molecule has 0 bridgehead atoms. The number of carbonyl (C=O) groups is 1. The van der Waals surface area contributed by atoms with Gasteiger partial charge in [-0.3, -0.25) is 4.90 Å². The van der Waals surface area contributed by atoms with Crippen molar-refractivity contribution in [2.45, 2.75) is 18.8 Å². The minimum Gasteiger partial charge on any atom is -0.475 e. The average molecular weight is 319 g/mol. The first kappa shape index (κ1) is 15.4. The van der Waals surface area contributed by atoms with E-state index in [1.54, 1.807) is 24.8 Å². The van der Waals surface area contributed by atoms with E-state index in [2.05, 4.69) is 0 Å². The highest BCUT2D eigenvalue weighted by atomic mass is 32.2. The lowest BCUT2D eigenvalue weighted by molar-refractivity contribution is 0.0658. The van der Waals surface area contributed by atoms with Crippen molar-refractivity contribution < 1.29 is 22.7 Å². The Hall–Kier alpha value is -0.990. The summed E-state index contributed by atoms with van der Waals surface area (Å²) >= 11 is 1.62. The standard InChI is InChI=1S/C12H17NO5S2/c1-2-20(16,17)11-8-19-6-5-13(11)7-9-3-4-10(18-9)12(14)15/h3-4,11H,2,5-8H2,1H3,(H,14,15). The fourth-order valence-electron chi connectivity index (χ4n) is 2.10. The van der Waals surface area contributed by atoms with Crippen LogP contribution in [0.5, 0.6) is 0 Å². The van der Waals surface area contributed by atoms with E-state index in [4.69, 9.17) is 9.52 Å². The number of carboxylic acids is 1. The van der Waals surface area contributed by atoms with E-state index in [-0.39, 0.29) is 11.5 Å². The Labute approximate surface area is 122 Å². The van der Waals surface area contributed by atoms with Crippen LogP contribution in [0.2, 0.25) is 0 Å². The molecule has 112 valence electrons. The van der Waals surface area contributed by atoms with Gasteiger partial charge in [0.2, 0.25) is 5.76 Å². The highest BCUT2D eigenvalue weighted by Gasteiger charge is 2.33. The number of rotatable bonds is 5. The molecular formula is C12H17NO5S2. The first-order valence-electron chi connectivity index (χ1n) is 6.29. The maximum absolute atomic E-state index is 12.1. The molecule has 1 aromatic heterocycles. The van der Waals surface area contributed by atoms with Gasteiger partial charge in [0.1, 0.15) is 11.1 Å². The van der Waals surface area contributed by atoms with E-state index < -0.39 is 21.2 Å². The van der Waals surface area contributed by atoms with Gasteiger partial charge in [0.25, 0.3) is 0 Å². The molecule has 1 unspecified atom stereocenters. The Kier molecular flexibility index (Phi) is 4.77. The molecule has 0 saturated carbocycles. The summed E-state index contributed by atoms with van der Waals surface area (Å²) in [7, 11) is -3.15. The fraction of sp³-hybridized carbons (Fsp3) is 0.583. The number of hydrogen-bond donors (Lipinski definition) is 1. The second-order valence-electron chi connectivity index (χ2n) is 4.52. The molecule has 1 atom stereocenters. The van der Waals surface area contributed by atoms with E-state index in [9.17, 15) is 13.2 Å². The molecule has 1 aliphatic rings. The quantitative estimate of drug-likeness (QED) is 0.874. The fourth-order valence-corrected chi connectivity index (χ4v) is 5.18. The van der Waals surface area contributed by atoms with Gasteiger partial charge in [0, 0.05) is 23.8 Å². The summed E-state index contributed by atoms with van der Waals surface area (Å²) in [5.41, 5.74) is 0. The van der Waals surface area contributed by atoms with Crippen LogP contribution in [0.3, 0.4) is 0 Å². The van der Waals surface area contributed by atoms with Gasteiger partial charge < -0.3 is 9.52 Å². The molecule has 1 aliphatic heterocycles. The molecule has 0 aromatic carbocycles. The number of nitrogens with zero attached hydrogens (tertiary/aromatic N) is 1. The molecule has 1 N–H and O–H groups in total. The molecule has 0 radical (unpaired) electrons. The number of carboxylic acid groups (broad SMARTS) is 1. The summed E-state index contributed by atoms with van der Waals surface area (Å²) in [6.07, 6.45) is 0. The second-order valence-corrected chi connectivity index (χ2v) is 8.12. The summed E-state index contributed by atoms with van der Waals surface area (Å²) in [6.45, 7) is 2.61. The molecule has 1 aromatic rings.